The van der Waals surface area contributed by atoms with Gasteiger partial charge in [-0.1, -0.05) is 19.9 Å². The summed E-state index contributed by atoms with van der Waals surface area (Å²) in [6.07, 6.45) is 17.7. The number of likely N-dealkylation sites (tertiary alicyclic amines) is 2. The van der Waals surface area contributed by atoms with E-state index in [0.717, 1.165) is 60.9 Å². The van der Waals surface area contributed by atoms with Crippen LogP contribution in [0.3, 0.4) is 0 Å². The van der Waals surface area contributed by atoms with Crippen LogP contribution in [0.5, 0.6) is 0 Å². The number of anilines is 1. The molecule has 1 aromatic rings. The first kappa shape index (κ1) is 29.8. The van der Waals surface area contributed by atoms with Crippen LogP contribution in [0, 0.1) is 0 Å². The zero-order valence-corrected chi connectivity index (χ0v) is 25.2. The third-order valence-corrected chi connectivity index (χ3v) is 8.37. The van der Waals surface area contributed by atoms with E-state index in [1.807, 2.05) is 13.8 Å². The zero-order valence-electron chi connectivity index (χ0n) is 25.2. The van der Waals surface area contributed by atoms with E-state index >= 15 is 0 Å². The van der Waals surface area contributed by atoms with Crippen molar-refractivity contribution in [3.63, 3.8) is 0 Å². The molecule has 216 valence electrons. The van der Waals surface area contributed by atoms with Gasteiger partial charge in [0.05, 0.1) is 18.4 Å². The predicted octanol–water partition coefficient (Wildman–Crippen LogP) is 5.51. The van der Waals surface area contributed by atoms with Gasteiger partial charge in [0.25, 0.3) is 0 Å². The lowest BCUT2D eigenvalue weighted by molar-refractivity contribution is 0.0397. The van der Waals surface area contributed by atoms with Crippen LogP contribution in [0.1, 0.15) is 83.3 Å². The number of nitrogens with zero attached hydrogens (tertiary/aromatic N) is 5. The zero-order chi connectivity index (χ0) is 27.6. The van der Waals surface area contributed by atoms with E-state index in [2.05, 4.69) is 65.3 Å². The van der Waals surface area contributed by atoms with Crippen molar-refractivity contribution in [1.82, 2.24) is 24.7 Å². The van der Waals surface area contributed by atoms with Crippen LogP contribution in [-0.2, 0) is 17.8 Å². The van der Waals surface area contributed by atoms with Crippen molar-refractivity contribution in [3.05, 3.63) is 47.1 Å². The van der Waals surface area contributed by atoms with E-state index in [1.54, 1.807) is 0 Å². The largest absolute Gasteiger partial charge is 0.373 e. The summed E-state index contributed by atoms with van der Waals surface area (Å²) < 4.78 is 5.98. The topological polar surface area (TPSA) is 56.8 Å². The lowest BCUT2D eigenvalue weighted by Crippen LogP contribution is -2.30. The Morgan fingerprint density at radius 2 is 1.92 bits per heavy atom. The maximum Gasteiger partial charge on any atom is 0.161 e. The number of aromatic nitrogens is 2. The maximum absolute atomic E-state index is 5.98. The standard InChI is InChI=1S/C30H46N6O.C2H6/c1-4-25(20-24-10-18-36(21-24)26-9-7-13-34(3)17-11-26)29-32-28-19-23(2)37-22-27(28)30(33-29)31-12-8-16-35-14-5-6-15-35;1-2/h4,10,18,20,23,26H,5-9,11-17,19,21-22H2,1-3H3,(H,31,32,33);1-2H3/b24-20-,25-4+;. The normalized spacial score (nSPS) is 25.4. The summed E-state index contributed by atoms with van der Waals surface area (Å²) in [5.41, 5.74) is 4.71. The minimum Gasteiger partial charge on any atom is -0.373 e. The van der Waals surface area contributed by atoms with Crippen molar-refractivity contribution < 1.29 is 4.74 Å². The Morgan fingerprint density at radius 1 is 1.10 bits per heavy atom. The maximum atomic E-state index is 5.98. The highest BCUT2D eigenvalue weighted by Gasteiger charge is 2.25. The Hall–Kier alpha value is -2.22. The minimum absolute atomic E-state index is 0.190. The van der Waals surface area contributed by atoms with Gasteiger partial charge in [0.15, 0.2) is 5.82 Å². The van der Waals surface area contributed by atoms with Gasteiger partial charge in [-0.05, 0) is 116 Å². The second kappa shape index (κ2) is 15.0. The molecule has 5 heterocycles. The Labute approximate surface area is 237 Å². The molecule has 0 saturated carbocycles. The summed E-state index contributed by atoms with van der Waals surface area (Å²) in [7, 11) is 2.24. The van der Waals surface area contributed by atoms with Gasteiger partial charge in [-0.25, -0.2) is 9.97 Å². The summed E-state index contributed by atoms with van der Waals surface area (Å²) in [6, 6.07) is 0.638. The highest BCUT2D eigenvalue weighted by atomic mass is 16.5. The summed E-state index contributed by atoms with van der Waals surface area (Å²) in [5, 5.41) is 3.65. The molecule has 1 aromatic heterocycles. The Balaban J connectivity index is 0.00000172. The third-order valence-electron chi connectivity index (χ3n) is 8.37. The molecule has 0 radical (unpaired) electrons. The van der Waals surface area contributed by atoms with Crippen molar-refractivity contribution in [2.24, 2.45) is 0 Å². The SMILES string of the molecule is C/C=C(\C=C1\C=CN(C2CCCN(C)CC2)C1)c1nc2c(c(NCCCN3CCCC3)n1)COC(C)C2.CC. The average molecular weight is 537 g/mol. The molecule has 39 heavy (non-hydrogen) atoms. The van der Waals surface area contributed by atoms with Crippen molar-refractivity contribution in [3.8, 4) is 0 Å². The van der Waals surface area contributed by atoms with Crippen molar-refractivity contribution in [2.45, 2.75) is 91.4 Å². The lowest BCUT2D eigenvalue weighted by Gasteiger charge is -2.27. The number of hydrogen-bond donors (Lipinski definition) is 1. The van der Waals surface area contributed by atoms with Crippen LogP contribution in [0.2, 0.25) is 0 Å². The van der Waals surface area contributed by atoms with E-state index in [-0.39, 0.29) is 6.10 Å². The minimum atomic E-state index is 0.190. The predicted molar refractivity (Wildman–Crippen MR) is 163 cm³/mol. The Morgan fingerprint density at radius 3 is 2.72 bits per heavy atom. The summed E-state index contributed by atoms with van der Waals surface area (Å²) in [5.74, 6) is 1.78. The molecule has 7 nitrogen and oxygen atoms in total. The second-order valence-electron chi connectivity index (χ2n) is 11.3. The van der Waals surface area contributed by atoms with Crippen LogP contribution in [0.4, 0.5) is 5.82 Å². The molecular formula is C32H52N6O. The summed E-state index contributed by atoms with van der Waals surface area (Å²) >= 11 is 0. The Kier molecular flexibility index (Phi) is 11.4. The molecule has 4 aliphatic rings. The number of fused-ring (bicyclic) bond motifs is 1. The Bertz CT molecular complexity index is 1010. The number of hydrogen-bond acceptors (Lipinski definition) is 7. The van der Waals surface area contributed by atoms with Gasteiger partial charge in [-0.2, -0.15) is 0 Å². The molecule has 7 heteroatoms. The fraction of sp³-hybridized carbons (Fsp3) is 0.688. The molecule has 0 aromatic carbocycles. The molecule has 0 amide bonds. The van der Waals surface area contributed by atoms with Crippen LogP contribution in [0.15, 0.2) is 30.0 Å². The molecule has 0 bridgehead atoms. The summed E-state index contributed by atoms with van der Waals surface area (Å²) in [6.45, 7) is 16.8. The molecule has 2 atom stereocenters. The van der Waals surface area contributed by atoms with Gasteiger partial charge >= 0.3 is 0 Å². The fourth-order valence-corrected chi connectivity index (χ4v) is 6.08. The molecule has 0 spiro atoms. The molecule has 0 aliphatic carbocycles. The van der Waals surface area contributed by atoms with Crippen molar-refractivity contribution >= 4 is 11.4 Å². The third kappa shape index (κ3) is 8.15. The number of ether oxygens (including phenoxy) is 1. The van der Waals surface area contributed by atoms with E-state index < -0.39 is 0 Å². The molecule has 2 fully saturated rings. The molecule has 4 aliphatic heterocycles. The molecule has 2 saturated heterocycles. The van der Waals surface area contributed by atoms with E-state index in [1.165, 1.54) is 63.9 Å². The lowest BCUT2D eigenvalue weighted by atomic mass is 10.0. The molecule has 2 unspecified atom stereocenters. The number of nitrogens with one attached hydrogen (secondary N) is 1. The van der Waals surface area contributed by atoms with Gasteiger partial charge in [-0.15, -0.1) is 0 Å². The first-order chi connectivity index (χ1) is 19.1. The average Bonchev–Trinajstić information content (AvgIpc) is 3.60. The number of allylic oxidation sites excluding steroid dienone is 3. The van der Waals surface area contributed by atoms with Gasteiger partial charge in [-0.3, -0.25) is 0 Å². The fourth-order valence-electron chi connectivity index (χ4n) is 6.08. The van der Waals surface area contributed by atoms with Crippen LogP contribution >= 0.6 is 0 Å². The van der Waals surface area contributed by atoms with Gasteiger partial charge in [0.1, 0.15) is 5.82 Å². The molecular weight excluding hydrogens is 484 g/mol. The van der Waals surface area contributed by atoms with Gasteiger partial charge in [0.2, 0.25) is 0 Å². The van der Waals surface area contributed by atoms with Crippen LogP contribution < -0.4 is 5.32 Å². The van der Waals surface area contributed by atoms with E-state index in [9.17, 15) is 0 Å². The highest BCUT2D eigenvalue weighted by molar-refractivity contribution is 5.72. The first-order valence-electron chi connectivity index (χ1n) is 15.6. The van der Waals surface area contributed by atoms with Crippen LogP contribution in [-0.4, -0.2) is 89.7 Å². The van der Waals surface area contributed by atoms with Gasteiger partial charge < -0.3 is 24.8 Å². The smallest absolute Gasteiger partial charge is 0.161 e. The first-order valence-corrected chi connectivity index (χ1v) is 15.6. The van der Waals surface area contributed by atoms with Crippen LogP contribution in [0.25, 0.3) is 5.57 Å². The highest BCUT2D eigenvalue weighted by Crippen LogP contribution is 2.29. The second-order valence-corrected chi connectivity index (χ2v) is 11.3. The van der Waals surface area contributed by atoms with Gasteiger partial charge in [0, 0.05) is 36.7 Å². The molecule has 5 rings (SSSR count). The van der Waals surface area contributed by atoms with E-state index in [4.69, 9.17) is 14.7 Å². The quantitative estimate of drug-likeness (QED) is 0.440. The number of rotatable bonds is 8. The van der Waals surface area contributed by atoms with E-state index in [0.29, 0.717) is 12.6 Å². The van der Waals surface area contributed by atoms with Crippen molar-refractivity contribution in [1.29, 1.82) is 0 Å². The van der Waals surface area contributed by atoms with Crippen molar-refractivity contribution in [2.75, 3.05) is 58.2 Å². The summed E-state index contributed by atoms with van der Waals surface area (Å²) in [4.78, 5) is 17.7. The monoisotopic (exact) mass is 536 g/mol. The molecule has 1 N–H and O–H groups in total.